The van der Waals surface area contributed by atoms with Crippen molar-refractivity contribution in [2.75, 3.05) is 25.6 Å². The van der Waals surface area contributed by atoms with Gasteiger partial charge in [0, 0.05) is 17.9 Å². The van der Waals surface area contributed by atoms with E-state index in [4.69, 9.17) is 0 Å². The Balaban J connectivity index is 2.76. The Bertz CT molecular complexity index is 417. The van der Waals surface area contributed by atoms with Crippen LogP contribution in [0.1, 0.15) is 28.4 Å². The molecule has 0 spiro atoms. The highest BCUT2D eigenvalue weighted by Gasteiger charge is 2.19. The molecule has 0 aromatic heterocycles. The Kier molecular flexibility index (Phi) is 5.89. The minimum Gasteiger partial charge on any atom is -0.296 e. The minimum absolute atomic E-state index is 0.0562. The van der Waals surface area contributed by atoms with E-state index in [9.17, 15) is 4.79 Å². The molecule has 0 N–H and O–H groups in total. The quantitative estimate of drug-likeness (QED) is 0.737. The number of ketones is 1. The molecule has 0 amide bonds. The Labute approximate surface area is 115 Å². The second-order valence-corrected chi connectivity index (χ2v) is 5.80. The average molecular weight is 265 g/mol. The maximum atomic E-state index is 12.4. The molecule has 0 heterocycles. The molecule has 1 unspecified atom stereocenters. The van der Waals surface area contributed by atoms with E-state index in [1.165, 1.54) is 11.1 Å². The van der Waals surface area contributed by atoms with E-state index in [2.05, 4.69) is 18.1 Å². The third-order valence-corrected chi connectivity index (χ3v) is 4.07. The molecule has 2 nitrogen and oxygen atoms in total. The number of hydrogen-bond acceptors (Lipinski definition) is 3. The number of carbonyl (C=O) groups excluding carboxylic acids is 1. The highest BCUT2D eigenvalue weighted by Crippen LogP contribution is 2.13. The van der Waals surface area contributed by atoms with E-state index in [0.717, 1.165) is 17.9 Å². The van der Waals surface area contributed by atoms with Crippen LogP contribution in [0.25, 0.3) is 0 Å². The SMILES string of the molecule is CSCCN(C)C(C)C(=O)c1ccc(C)c(C)c1. The van der Waals surface area contributed by atoms with E-state index in [0.29, 0.717) is 0 Å². The van der Waals surface area contributed by atoms with E-state index in [1.54, 1.807) is 11.8 Å². The third-order valence-electron chi connectivity index (χ3n) is 3.48. The third kappa shape index (κ3) is 3.85. The zero-order valence-corrected chi connectivity index (χ0v) is 12.8. The fraction of sp³-hybridized carbons (Fsp3) is 0.533. The van der Waals surface area contributed by atoms with Gasteiger partial charge in [-0.15, -0.1) is 0 Å². The van der Waals surface area contributed by atoms with Gasteiger partial charge in [-0.1, -0.05) is 12.1 Å². The van der Waals surface area contributed by atoms with Gasteiger partial charge >= 0.3 is 0 Å². The molecule has 1 aromatic carbocycles. The maximum Gasteiger partial charge on any atom is 0.179 e. The van der Waals surface area contributed by atoms with Crippen LogP contribution >= 0.6 is 11.8 Å². The molecule has 0 saturated heterocycles. The zero-order valence-electron chi connectivity index (χ0n) is 12.0. The lowest BCUT2D eigenvalue weighted by Gasteiger charge is -2.23. The average Bonchev–Trinajstić information content (AvgIpc) is 2.37. The first kappa shape index (κ1) is 15.3. The van der Waals surface area contributed by atoms with Crippen LogP contribution in [0, 0.1) is 13.8 Å². The first-order valence-corrected chi connectivity index (χ1v) is 7.67. The van der Waals surface area contributed by atoms with Gasteiger partial charge in [-0.05, 0) is 51.3 Å². The second-order valence-electron chi connectivity index (χ2n) is 4.81. The van der Waals surface area contributed by atoms with Crippen LogP contribution in [-0.4, -0.2) is 42.3 Å². The summed E-state index contributed by atoms with van der Waals surface area (Å²) in [5, 5.41) is 0. The molecule has 0 aliphatic carbocycles. The molecule has 100 valence electrons. The highest BCUT2D eigenvalue weighted by molar-refractivity contribution is 7.98. The lowest BCUT2D eigenvalue weighted by Crippen LogP contribution is -2.37. The predicted octanol–water partition coefficient (Wildman–Crippen LogP) is 3.17. The number of benzene rings is 1. The van der Waals surface area contributed by atoms with E-state index in [-0.39, 0.29) is 11.8 Å². The van der Waals surface area contributed by atoms with Gasteiger partial charge in [-0.25, -0.2) is 0 Å². The molecule has 0 saturated carbocycles. The Morgan fingerprint density at radius 3 is 2.56 bits per heavy atom. The molecule has 3 heteroatoms. The summed E-state index contributed by atoms with van der Waals surface area (Å²) in [4.78, 5) is 14.5. The molecule has 0 fully saturated rings. The number of aryl methyl sites for hydroxylation is 2. The largest absolute Gasteiger partial charge is 0.296 e. The number of hydrogen-bond donors (Lipinski definition) is 0. The van der Waals surface area contributed by atoms with Gasteiger partial charge in [0.15, 0.2) is 5.78 Å². The van der Waals surface area contributed by atoms with Crippen LogP contribution in [0.5, 0.6) is 0 Å². The first-order valence-electron chi connectivity index (χ1n) is 6.28. The topological polar surface area (TPSA) is 20.3 Å². The minimum atomic E-state index is -0.0562. The van der Waals surface area contributed by atoms with Crippen molar-refractivity contribution in [1.29, 1.82) is 0 Å². The normalized spacial score (nSPS) is 12.8. The Morgan fingerprint density at radius 1 is 1.33 bits per heavy atom. The summed E-state index contributed by atoms with van der Waals surface area (Å²) in [6.07, 6.45) is 2.09. The van der Waals surface area contributed by atoms with Gasteiger partial charge in [0.05, 0.1) is 6.04 Å². The summed E-state index contributed by atoms with van der Waals surface area (Å²) in [5.74, 6) is 1.27. The molecule has 0 aliphatic heterocycles. The predicted molar refractivity (Wildman–Crippen MR) is 80.7 cm³/mol. The van der Waals surface area contributed by atoms with E-state index < -0.39 is 0 Å². The summed E-state index contributed by atoms with van der Waals surface area (Å²) >= 11 is 1.81. The van der Waals surface area contributed by atoms with Crippen LogP contribution in [0.4, 0.5) is 0 Å². The van der Waals surface area contributed by atoms with Crippen molar-refractivity contribution in [2.45, 2.75) is 26.8 Å². The molecular weight excluding hydrogens is 242 g/mol. The van der Waals surface area contributed by atoms with Crippen molar-refractivity contribution in [3.8, 4) is 0 Å². The second kappa shape index (κ2) is 6.95. The summed E-state index contributed by atoms with van der Waals surface area (Å²) in [7, 11) is 2.01. The van der Waals surface area contributed by atoms with Crippen LogP contribution in [0.2, 0.25) is 0 Å². The van der Waals surface area contributed by atoms with Gasteiger partial charge in [0.25, 0.3) is 0 Å². The monoisotopic (exact) mass is 265 g/mol. The lowest BCUT2D eigenvalue weighted by molar-refractivity contribution is 0.0874. The van der Waals surface area contributed by atoms with Crippen LogP contribution in [-0.2, 0) is 0 Å². The van der Waals surface area contributed by atoms with Gasteiger partial charge in [0.2, 0.25) is 0 Å². The zero-order chi connectivity index (χ0) is 13.7. The van der Waals surface area contributed by atoms with Crippen molar-refractivity contribution in [3.63, 3.8) is 0 Å². The smallest absolute Gasteiger partial charge is 0.179 e. The summed E-state index contributed by atoms with van der Waals surface area (Å²) < 4.78 is 0. The van der Waals surface area contributed by atoms with Crippen LogP contribution < -0.4 is 0 Å². The fourth-order valence-electron chi connectivity index (χ4n) is 1.76. The van der Waals surface area contributed by atoms with Crippen molar-refractivity contribution in [2.24, 2.45) is 0 Å². The number of likely N-dealkylation sites (N-methyl/N-ethyl adjacent to an activating group) is 1. The maximum absolute atomic E-state index is 12.4. The molecule has 0 bridgehead atoms. The first-order chi connectivity index (χ1) is 8.47. The number of nitrogens with zero attached hydrogens (tertiary/aromatic N) is 1. The lowest BCUT2D eigenvalue weighted by atomic mass is 10.00. The number of carbonyl (C=O) groups is 1. The van der Waals surface area contributed by atoms with Crippen molar-refractivity contribution in [1.82, 2.24) is 4.90 Å². The highest BCUT2D eigenvalue weighted by atomic mass is 32.2. The Morgan fingerprint density at radius 2 is 2.00 bits per heavy atom. The molecule has 0 aliphatic rings. The summed E-state index contributed by atoms with van der Waals surface area (Å²) in [5.41, 5.74) is 3.23. The van der Waals surface area contributed by atoms with Crippen molar-refractivity contribution < 1.29 is 4.79 Å². The fourth-order valence-corrected chi connectivity index (χ4v) is 2.24. The van der Waals surface area contributed by atoms with Crippen LogP contribution in [0.15, 0.2) is 18.2 Å². The number of rotatable bonds is 6. The summed E-state index contributed by atoms with van der Waals surface area (Å²) in [6.45, 7) is 7.04. The van der Waals surface area contributed by atoms with Crippen molar-refractivity contribution >= 4 is 17.5 Å². The van der Waals surface area contributed by atoms with Crippen LogP contribution in [0.3, 0.4) is 0 Å². The van der Waals surface area contributed by atoms with Gasteiger partial charge in [0.1, 0.15) is 0 Å². The number of thioether (sulfide) groups is 1. The molecule has 1 rings (SSSR count). The Hall–Kier alpha value is -0.800. The van der Waals surface area contributed by atoms with E-state index >= 15 is 0 Å². The van der Waals surface area contributed by atoms with Gasteiger partial charge < -0.3 is 0 Å². The molecule has 0 radical (unpaired) electrons. The summed E-state index contributed by atoms with van der Waals surface area (Å²) in [6, 6.07) is 5.90. The van der Waals surface area contributed by atoms with Gasteiger partial charge in [-0.2, -0.15) is 11.8 Å². The molecule has 18 heavy (non-hydrogen) atoms. The standard InChI is InChI=1S/C15H23NOS/c1-11-6-7-14(10-12(11)2)15(17)13(3)16(4)8-9-18-5/h6-7,10,13H,8-9H2,1-5H3. The molecular formula is C15H23NOS. The van der Waals surface area contributed by atoms with Crippen molar-refractivity contribution in [3.05, 3.63) is 34.9 Å². The molecule has 1 aromatic rings. The molecule has 1 atom stereocenters. The number of Topliss-reactive ketones (excluding diaryl/α,β-unsaturated/α-hetero) is 1. The van der Waals surface area contributed by atoms with E-state index in [1.807, 2.05) is 39.1 Å². The van der Waals surface area contributed by atoms with Gasteiger partial charge in [-0.3, -0.25) is 9.69 Å².